The van der Waals surface area contributed by atoms with E-state index in [1.165, 1.54) is 16.7 Å². The van der Waals surface area contributed by atoms with E-state index in [4.69, 9.17) is 5.11 Å². The van der Waals surface area contributed by atoms with Gasteiger partial charge in [-0.1, -0.05) is 24.3 Å². The van der Waals surface area contributed by atoms with Gasteiger partial charge in [-0.15, -0.1) is 0 Å². The maximum absolute atomic E-state index is 11.0. The molecule has 0 spiro atoms. The van der Waals surface area contributed by atoms with Crippen LogP contribution in [0.3, 0.4) is 0 Å². The Morgan fingerprint density at radius 3 is 2.11 bits per heavy atom. The van der Waals surface area contributed by atoms with Crippen molar-refractivity contribution < 1.29 is 9.90 Å². The SMILES string of the molecule is Cc1cc(-c2cccc(C(=O)O)c2)cc(C)c1C. The molecule has 0 amide bonds. The van der Waals surface area contributed by atoms with Crippen LogP contribution in [0.1, 0.15) is 27.0 Å². The van der Waals surface area contributed by atoms with Crippen LogP contribution in [0, 0.1) is 20.8 Å². The molecule has 0 bridgehead atoms. The van der Waals surface area contributed by atoms with Crippen molar-refractivity contribution in [3.05, 3.63) is 58.7 Å². The molecule has 1 N–H and O–H groups in total. The Morgan fingerprint density at radius 2 is 1.56 bits per heavy atom. The Labute approximate surface area is 107 Å². The van der Waals surface area contributed by atoms with Gasteiger partial charge in [-0.3, -0.25) is 0 Å². The number of aromatic carboxylic acids is 1. The normalized spacial score (nSPS) is 10.4. The highest BCUT2D eigenvalue weighted by atomic mass is 16.4. The number of hydrogen-bond acceptors (Lipinski definition) is 1. The Kier molecular flexibility index (Phi) is 3.19. The predicted octanol–water partition coefficient (Wildman–Crippen LogP) is 3.98. The number of aryl methyl sites for hydroxylation is 2. The lowest BCUT2D eigenvalue weighted by molar-refractivity contribution is 0.0697. The molecule has 2 aromatic carbocycles. The molecule has 2 nitrogen and oxygen atoms in total. The number of carbonyl (C=O) groups is 1. The van der Waals surface area contributed by atoms with Gasteiger partial charge in [-0.05, 0) is 60.7 Å². The molecule has 18 heavy (non-hydrogen) atoms. The molecule has 2 rings (SSSR count). The highest BCUT2D eigenvalue weighted by molar-refractivity contribution is 5.89. The Balaban J connectivity index is 2.55. The second-order valence-corrected chi connectivity index (χ2v) is 4.62. The zero-order valence-electron chi connectivity index (χ0n) is 10.8. The Morgan fingerprint density at radius 1 is 0.944 bits per heavy atom. The molecule has 0 heterocycles. The number of carboxylic acids is 1. The standard InChI is InChI=1S/C16H16O2/c1-10-7-15(8-11(2)12(10)3)13-5-4-6-14(9-13)16(17)18/h4-9H,1-3H3,(H,17,18). The highest BCUT2D eigenvalue weighted by Gasteiger charge is 2.07. The first-order valence-electron chi connectivity index (χ1n) is 5.90. The first-order valence-corrected chi connectivity index (χ1v) is 5.90. The van der Waals surface area contributed by atoms with Crippen molar-refractivity contribution in [3.8, 4) is 11.1 Å². The van der Waals surface area contributed by atoms with E-state index in [0.717, 1.165) is 11.1 Å². The van der Waals surface area contributed by atoms with Crippen molar-refractivity contribution in [2.75, 3.05) is 0 Å². The van der Waals surface area contributed by atoms with Crippen molar-refractivity contribution in [2.45, 2.75) is 20.8 Å². The summed E-state index contributed by atoms with van der Waals surface area (Å²) in [4.78, 5) is 11.0. The quantitative estimate of drug-likeness (QED) is 0.862. The second kappa shape index (κ2) is 4.65. The summed E-state index contributed by atoms with van der Waals surface area (Å²) < 4.78 is 0. The minimum atomic E-state index is -0.891. The second-order valence-electron chi connectivity index (χ2n) is 4.62. The third-order valence-electron chi connectivity index (χ3n) is 3.37. The van der Waals surface area contributed by atoms with E-state index < -0.39 is 5.97 Å². The molecule has 0 unspecified atom stereocenters. The van der Waals surface area contributed by atoms with Gasteiger partial charge in [0.1, 0.15) is 0 Å². The fraction of sp³-hybridized carbons (Fsp3) is 0.188. The summed E-state index contributed by atoms with van der Waals surface area (Å²) in [6.45, 7) is 6.25. The third-order valence-corrected chi connectivity index (χ3v) is 3.37. The van der Waals surface area contributed by atoms with Crippen LogP contribution in [0.2, 0.25) is 0 Å². The molecule has 0 aliphatic heterocycles. The Hall–Kier alpha value is -2.09. The zero-order valence-corrected chi connectivity index (χ0v) is 10.8. The van der Waals surface area contributed by atoms with Gasteiger partial charge >= 0.3 is 5.97 Å². The minimum absolute atomic E-state index is 0.323. The summed E-state index contributed by atoms with van der Waals surface area (Å²) in [6.07, 6.45) is 0. The molecule has 0 saturated heterocycles. The van der Waals surface area contributed by atoms with E-state index >= 15 is 0 Å². The molecule has 2 aromatic rings. The van der Waals surface area contributed by atoms with Crippen LogP contribution in [0.5, 0.6) is 0 Å². The highest BCUT2D eigenvalue weighted by Crippen LogP contribution is 2.25. The number of carboxylic acid groups (broad SMARTS) is 1. The van der Waals surface area contributed by atoms with E-state index in [2.05, 4.69) is 32.9 Å². The molecule has 0 aliphatic carbocycles. The van der Waals surface area contributed by atoms with Crippen LogP contribution in [0.15, 0.2) is 36.4 Å². The van der Waals surface area contributed by atoms with E-state index in [9.17, 15) is 4.79 Å². The van der Waals surface area contributed by atoms with Crippen LogP contribution in [0.4, 0.5) is 0 Å². The molecule has 0 aromatic heterocycles. The van der Waals surface area contributed by atoms with Gasteiger partial charge in [0.2, 0.25) is 0 Å². The van der Waals surface area contributed by atoms with Crippen molar-refractivity contribution in [3.63, 3.8) is 0 Å². The Bertz CT molecular complexity index is 589. The van der Waals surface area contributed by atoms with Gasteiger partial charge in [-0.2, -0.15) is 0 Å². The maximum Gasteiger partial charge on any atom is 0.335 e. The van der Waals surface area contributed by atoms with Crippen LogP contribution in [-0.4, -0.2) is 11.1 Å². The van der Waals surface area contributed by atoms with Crippen LogP contribution < -0.4 is 0 Å². The molecule has 0 saturated carbocycles. The fourth-order valence-electron chi connectivity index (χ4n) is 2.03. The first kappa shape index (κ1) is 12.4. The summed E-state index contributed by atoms with van der Waals surface area (Å²) >= 11 is 0. The summed E-state index contributed by atoms with van der Waals surface area (Å²) in [7, 11) is 0. The maximum atomic E-state index is 11.0. The molecule has 92 valence electrons. The van der Waals surface area contributed by atoms with Gasteiger partial charge in [0.25, 0.3) is 0 Å². The van der Waals surface area contributed by atoms with E-state index in [0.29, 0.717) is 5.56 Å². The van der Waals surface area contributed by atoms with Gasteiger partial charge in [0.15, 0.2) is 0 Å². The van der Waals surface area contributed by atoms with E-state index in [1.54, 1.807) is 18.2 Å². The van der Waals surface area contributed by atoms with Crippen molar-refractivity contribution >= 4 is 5.97 Å². The number of rotatable bonds is 2. The monoisotopic (exact) mass is 240 g/mol. The molecular weight excluding hydrogens is 224 g/mol. The van der Waals surface area contributed by atoms with Crippen LogP contribution in [0.25, 0.3) is 11.1 Å². The smallest absolute Gasteiger partial charge is 0.335 e. The summed E-state index contributed by atoms with van der Waals surface area (Å²) in [5, 5.41) is 9.01. The minimum Gasteiger partial charge on any atom is -0.478 e. The van der Waals surface area contributed by atoms with Gasteiger partial charge in [-0.25, -0.2) is 4.79 Å². The number of hydrogen-bond donors (Lipinski definition) is 1. The third kappa shape index (κ3) is 2.28. The lowest BCUT2D eigenvalue weighted by Gasteiger charge is -2.09. The molecule has 0 radical (unpaired) electrons. The molecule has 0 fully saturated rings. The number of benzene rings is 2. The molecule has 0 atom stereocenters. The van der Waals surface area contributed by atoms with Crippen molar-refractivity contribution in [1.82, 2.24) is 0 Å². The fourth-order valence-corrected chi connectivity index (χ4v) is 2.03. The van der Waals surface area contributed by atoms with Gasteiger partial charge < -0.3 is 5.11 Å². The first-order chi connectivity index (χ1) is 8.49. The van der Waals surface area contributed by atoms with Crippen molar-refractivity contribution in [1.29, 1.82) is 0 Å². The molecular formula is C16H16O2. The topological polar surface area (TPSA) is 37.3 Å². The summed E-state index contributed by atoms with van der Waals surface area (Å²) in [6, 6.07) is 11.2. The molecule has 2 heteroatoms. The van der Waals surface area contributed by atoms with Crippen LogP contribution in [-0.2, 0) is 0 Å². The average Bonchev–Trinajstić information content (AvgIpc) is 2.35. The summed E-state index contributed by atoms with van der Waals surface area (Å²) in [5.74, 6) is -0.891. The lowest BCUT2D eigenvalue weighted by atomic mass is 9.95. The predicted molar refractivity (Wildman–Crippen MR) is 73.0 cm³/mol. The van der Waals surface area contributed by atoms with E-state index in [1.807, 2.05) is 6.07 Å². The summed E-state index contributed by atoms with van der Waals surface area (Å²) in [5.41, 5.74) is 6.08. The zero-order chi connectivity index (χ0) is 13.3. The van der Waals surface area contributed by atoms with Gasteiger partial charge in [0, 0.05) is 0 Å². The van der Waals surface area contributed by atoms with Crippen LogP contribution >= 0.6 is 0 Å². The average molecular weight is 240 g/mol. The lowest BCUT2D eigenvalue weighted by Crippen LogP contribution is -1.96. The molecule has 0 aliphatic rings. The van der Waals surface area contributed by atoms with Crippen molar-refractivity contribution in [2.24, 2.45) is 0 Å². The van der Waals surface area contributed by atoms with Gasteiger partial charge in [0.05, 0.1) is 5.56 Å². The van der Waals surface area contributed by atoms with E-state index in [-0.39, 0.29) is 0 Å². The largest absolute Gasteiger partial charge is 0.478 e.